The number of nitrogens with zero attached hydrogens (tertiary/aromatic N) is 3. The first kappa shape index (κ1) is 30.4. The maximum absolute atomic E-state index is 6.23. The van der Waals surface area contributed by atoms with E-state index in [4.69, 9.17) is 4.42 Å². The van der Waals surface area contributed by atoms with Crippen molar-refractivity contribution in [3.63, 3.8) is 0 Å². The van der Waals surface area contributed by atoms with E-state index in [9.17, 15) is 0 Å². The fourth-order valence-electron chi connectivity index (χ4n) is 10.4. The van der Waals surface area contributed by atoms with E-state index in [1.54, 1.807) is 0 Å². The van der Waals surface area contributed by atoms with Gasteiger partial charge in [0.15, 0.2) is 0 Å². The predicted octanol–water partition coefficient (Wildman–Crippen LogP) is 15.0. The summed E-state index contributed by atoms with van der Waals surface area (Å²) < 4.78 is 11.3. The van der Waals surface area contributed by atoms with Crippen LogP contribution in [-0.4, -0.2) is 8.80 Å². The standard InChI is InChI=1S/C54H31N3O/c1-3-13-33(14-4-1)55(34-15-5-2-6-16-34)46-27-26-38-42-31-47-41(30-48(42)57-45-21-11-8-19-40(45)52(46)54(38)57)37-25-24-35(51-39-18-7-10-20-44(39)56(47)53(37)51)32-23-28-50-43(29-32)36-17-9-12-22-49(36)58-50/h1-31H. The van der Waals surface area contributed by atoms with Crippen molar-refractivity contribution >= 4 is 115 Å². The second kappa shape index (κ2) is 10.9. The Balaban J connectivity index is 1.08. The second-order valence-electron chi connectivity index (χ2n) is 15.6. The van der Waals surface area contributed by atoms with Crippen molar-refractivity contribution in [2.45, 2.75) is 0 Å². The number of hydrogen-bond acceptors (Lipinski definition) is 2. The summed E-state index contributed by atoms with van der Waals surface area (Å²) in [7, 11) is 0. The summed E-state index contributed by atoms with van der Waals surface area (Å²) in [6.07, 6.45) is 0. The minimum Gasteiger partial charge on any atom is -0.456 e. The Labute approximate surface area is 331 Å². The Morgan fingerprint density at radius 1 is 0.345 bits per heavy atom. The van der Waals surface area contributed by atoms with Crippen molar-refractivity contribution in [2.24, 2.45) is 0 Å². The predicted molar refractivity (Wildman–Crippen MR) is 243 cm³/mol. The van der Waals surface area contributed by atoms with Crippen LogP contribution in [0, 0.1) is 0 Å². The average Bonchev–Trinajstić information content (AvgIpc) is 4.08. The molecule has 0 saturated heterocycles. The average molecular weight is 738 g/mol. The van der Waals surface area contributed by atoms with Crippen molar-refractivity contribution in [1.29, 1.82) is 0 Å². The van der Waals surface area contributed by atoms with E-state index in [-0.39, 0.29) is 0 Å². The van der Waals surface area contributed by atoms with Gasteiger partial charge in [0.05, 0.1) is 38.8 Å². The van der Waals surface area contributed by atoms with Crippen molar-refractivity contribution in [2.75, 3.05) is 4.90 Å². The van der Waals surface area contributed by atoms with Gasteiger partial charge in [-0.15, -0.1) is 0 Å². The summed E-state index contributed by atoms with van der Waals surface area (Å²) in [5.41, 5.74) is 15.1. The first-order chi connectivity index (χ1) is 28.8. The minimum absolute atomic E-state index is 0.915. The van der Waals surface area contributed by atoms with Crippen LogP contribution in [0.15, 0.2) is 192 Å². The Bertz CT molecular complexity index is 3930. The lowest BCUT2D eigenvalue weighted by molar-refractivity contribution is 0.669. The highest BCUT2D eigenvalue weighted by atomic mass is 16.3. The highest BCUT2D eigenvalue weighted by Crippen LogP contribution is 2.50. The van der Waals surface area contributed by atoms with Gasteiger partial charge in [0.25, 0.3) is 0 Å². The van der Waals surface area contributed by atoms with Gasteiger partial charge in [-0.3, -0.25) is 0 Å². The molecule has 0 aliphatic carbocycles. The van der Waals surface area contributed by atoms with Gasteiger partial charge in [-0.05, 0) is 83.9 Å². The molecular weight excluding hydrogens is 707 g/mol. The fourth-order valence-corrected chi connectivity index (χ4v) is 10.4. The lowest BCUT2D eigenvalue weighted by Crippen LogP contribution is -2.10. The number of fused-ring (bicyclic) bond motifs is 15. The van der Waals surface area contributed by atoms with Crippen LogP contribution in [0.5, 0.6) is 0 Å². The third kappa shape index (κ3) is 3.79. The zero-order valence-corrected chi connectivity index (χ0v) is 31.1. The molecular formula is C54H31N3O. The quantitative estimate of drug-likeness (QED) is 0.180. The Morgan fingerprint density at radius 3 is 1.55 bits per heavy atom. The normalized spacial score (nSPS) is 12.5. The van der Waals surface area contributed by atoms with Crippen LogP contribution in [0.25, 0.3) is 109 Å². The monoisotopic (exact) mass is 737 g/mol. The van der Waals surface area contributed by atoms with Crippen molar-refractivity contribution in [1.82, 2.24) is 8.80 Å². The third-order valence-corrected chi connectivity index (χ3v) is 12.7. The zero-order valence-electron chi connectivity index (χ0n) is 31.1. The topological polar surface area (TPSA) is 25.2 Å². The smallest absolute Gasteiger partial charge is 0.135 e. The first-order valence-corrected chi connectivity index (χ1v) is 19.9. The molecule has 0 spiro atoms. The molecule has 14 rings (SSSR count). The summed E-state index contributed by atoms with van der Waals surface area (Å²) in [4.78, 5) is 2.40. The van der Waals surface area contributed by atoms with Gasteiger partial charge >= 0.3 is 0 Å². The molecule has 0 aliphatic heterocycles. The summed E-state index contributed by atoms with van der Waals surface area (Å²) in [5.74, 6) is 0. The molecule has 9 aromatic carbocycles. The van der Waals surface area contributed by atoms with Crippen LogP contribution in [0.2, 0.25) is 0 Å². The first-order valence-electron chi connectivity index (χ1n) is 19.9. The van der Waals surface area contributed by atoms with Crippen LogP contribution in [0.3, 0.4) is 0 Å². The van der Waals surface area contributed by atoms with Gasteiger partial charge in [-0.1, -0.05) is 115 Å². The molecule has 0 radical (unpaired) electrons. The molecule has 0 aliphatic rings. The number of hydrogen-bond donors (Lipinski definition) is 0. The summed E-state index contributed by atoms with van der Waals surface area (Å²) >= 11 is 0. The number of furan rings is 1. The van der Waals surface area contributed by atoms with Gasteiger partial charge in [0.2, 0.25) is 0 Å². The molecule has 5 heterocycles. The van der Waals surface area contributed by atoms with E-state index in [0.717, 1.165) is 33.3 Å². The number of rotatable bonds is 4. The van der Waals surface area contributed by atoms with E-state index < -0.39 is 0 Å². The van der Waals surface area contributed by atoms with Gasteiger partial charge < -0.3 is 18.1 Å². The second-order valence-corrected chi connectivity index (χ2v) is 15.6. The minimum atomic E-state index is 0.915. The molecule has 0 fully saturated rings. The molecule has 14 aromatic rings. The number of benzene rings is 9. The van der Waals surface area contributed by atoms with Crippen LogP contribution in [0.4, 0.5) is 17.1 Å². The van der Waals surface area contributed by atoms with Crippen LogP contribution < -0.4 is 4.90 Å². The van der Waals surface area contributed by atoms with Gasteiger partial charge in [-0.2, -0.15) is 0 Å². The molecule has 0 N–H and O–H groups in total. The summed E-state index contributed by atoms with van der Waals surface area (Å²) in [5, 5.41) is 12.4. The molecule has 0 unspecified atom stereocenters. The zero-order chi connectivity index (χ0) is 37.6. The molecule has 0 atom stereocenters. The highest BCUT2D eigenvalue weighted by molar-refractivity contribution is 6.32. The summed E-state index contributed by atoms with van der Waals surface area (Å²) in [6.45, 7) is 0. The molecule has 5 aromatic heterocycles. The van der Waals surface area contributed by atoms with E-state index >= 15 is 0 Å². The summed E-state index contributed by atoms with van der Waals surface area (Å²) in [6, 6.07) is 68.6. The fraction of sp³-hybridized carbons (Fsp3) is 0. The van der Waals surface area contributed by atoms with Crippen molar-refractivity contribution in [3.8, 4) is 11.1 Å². The lowest BCUT2D eigenvalue weighted by atomic mass is 9.96. The Kier molecular flexibility index (Phi) is 5.73. The van der Waals surface area contributed by atoms with E-state index in [0.29, 0.717) is 0 Å². The van der Waals surface area contributed by atoms with Crippen molar-refractivity contribution in [3.05, 3.63) is 188 Å². The van der Waals surface area contributed by atoms with Crippen LogP contribution in [0.1, 0.15) is 0 Å². The maximum Gasteiger partial charge on any atom is 0.135 e. The van der Waals surface area contributed by atoms with Gasteiger partial charge in [-0.25, -0.2) is 0 Å². The number of aromatic nitrogens is 2. The molecule has 4 nitrogen and oxygen atoms in total. The van der Waals surface area contributed by atoms with Crippen LogP contribution in [-0.2, 0) is 0 Å². The molecule has 268 valence electrons. The van der Waals surface area contributed by atoms with Gasteiger partial charge in [0.1, 0.15) is 11.2 Å². The van der Waals surface area contributed by atoms with Crippen molar-refractivity contribution < 1.29 is 4.42 Å². The highest BCUT2D eigenvalue weighted by Gasteiger charge is 2.26. The largest absolute Gasteiger partial charge is 0.456 e. The van der Waals surface area contributed by atoms with E-state index in [1.165, 1.54) is 93.0 Å². The van der Waals surface area contributed by atoms with E-state index in [2.05, 4.69) is 196 Å². The van der Waals surface area contributed by atoms with E-state index in [1.807, 2.05) is 6.07 Å². The Hall–Kier alpha value is -7.82. The number of anilines is 3. The third-order valence-electron chi connectivity index (χ3n) is 12.7. The number of para-hydroxylation sites is 5. The maximum atomic E-state index is 6.23. The lowest BCUT2D eigenvalue weighted by Gasteiger charge is -2.26. The molecule has 4 heteroatoms. The molecule has 0 bridgehead atoms. The molecule has 0 amide bonds. The SMILES string of the molecule is c1ccc(N(c2ccccc2)c2ccc3c4cc5c(cc4n4c6ccccc6c2c34)c2ccc(-c3ccc4oc6ccccc6c4c3)c3c4ccccc4n5c23)cc1. The molecule has 58 heavy (non-hydrogen) atoms. The van der Waals surface area contributed by atoms with Crippen LogP contribution >= 0.6 is 0 Å². The Morgan fingerprint density at radius 2 is 0.879 bits per heavy atom. The van der Waals surface area contributed by atoms with Gasteiger partial charge in [0, 0.05) is 65.2 Å². The molecule has 0 saturated carbocycles.